The van der Waals surface area contributed by atoms with Crippen LogP contribution in [0.15, 0.2) is 18.2 Å². The lowest BCUT2D eigenvalue weighted by Crippen LogP contribution is -1.84. The predicted octanol–water partition coefficient (Wildman–Crippen LogP) is 2.36. The van der Waals surface area contributed by atoms with E-state index in [1.54, 1.807) is 13.2 Å². The molecular weight excluding hydrogens is 196 g/mol. The summed E-state index contributed by atoms with van der Waals surface area (Å²) in [5.74, 6) is 0.646. The first kappa shape index (κ1) is 8.85. The largest absolute Gasteiger partial charge is 0.494 e. The van der Waals surface area contributed by atoms with Gasteiger partial charge in [0.15, 0.2) is 5.75 Å². The van der Waals surface area contributed by atoms with Crippen LogP contribution in [-0.4, -0.2) is 7.11 Å². The van der Waals surface area contributed by atoms with E-state index in [0.717, 1.165) is 10.1 Å². The summed E-state index contributed by atoms with van der Waals surface area (Å²) in [5, 5.41) is 9.82. The number of thiophene rings is 1. The monoisotopic (exact) mass is 204 g/mol. The van der Waals surface area contributed by atoms with Crippen molar-refractivity contribution in [1.82, 2.24) is 0 Å². The molecule has 0 aliphatic rings. The number of methoxy groups -OCH3 is 1. The fourth-order valence-corrected chi connectivity index (χ4v) is 2.38. The van der Waals surface area contributed by atoms with Crippen LogP contribution in [0.1, 0.15) is 4.88 Å². The van der Waals surface area contributed by atoms with Crippen molar-refractivity contribution < 1.29 is 4.74 Å². The summed E-state index contributed by atoms with van der Waals surface area (Å²) in [4.78, 5) is 0.591. The summed E-state index contributed by atoms with van der Waals surface area (Å²) in [5.41, 5.74) is 6.35. The second-order valence-corrected chi connectivity index (χ2v) is 3.88. The van der Waals surface area contributed by atoms with E-state index in [-0.39, 0.29) is 0 Å². The lowest BCUT2D eigenvalue weighted by atomic mass is 10.2. The van der Waals surface area contributed by atoms with Gasteiger partial charge in [-0.3, -0.25) is 0 Å². The van der Waals surface area contributed by atoms with Crippen LogP contribution in [0.2, 0.25) is 0 Å². The molecule has 70 valence electrons. The summed E-state index contributed by atoms with van der Waals surface area (Å²) < 4.78 is 6.16. The molecule has 0 aliphatic heterocycles. The third-order valence-corrected chi connectivity index (χ3v) is 3.01. The van der Waals surface area contributed by atoms with Gasteiger partial charge in [0.25, 0.3) is 0 Å². The highest BCUT2D eigenvalue weighted by Gasteiger charge is 2.11. The van der Waals surface area contributed by atoms with Crippen molar-refractivity contribution in [2.24, 2.45) is 0 Å². The minimum Gasteiger partial charge on any atom is -0.494 e. The molecular formula is C10H8N2OS. The SMILES string of the molecule is COc1c(C#N)sc2cc(N)ccc12. The van der Waals surface area contributed by atoms with Crippen molar-refractivity contribution in [1.29, 1.82) is 5.26 Å². The van der Waals surface area contributed by atoms with Crippen LogP contribution in [0.4, 0.5) is 5.69 Å². The number of anilines is 1. The van der Waals surface area contributed by atoms with E-state index < -0.39 is 0 Å². The highest BCUT2D eigenvalue weighted by molar-refractivity contribution is 7.20. The van der Waals surface area contributed by atoms with Crippen LogP contribution in [0.25, 0.3) is 10.1 Å². The molecule has 14 heavy (non-hydrogen) atoms. The number of nitrogens with zero attached hydrogens (tertiary/aromatic N) is 1. The summed E-state index contributed by atoms with van der Waals surface area (Å²) in [6.07, 6.45) is 0. The van der Waals surface area contributed by atoms with Gasteiger partial charge in [0.2, 0.25) is 0 Å². The Morgan fingerprint density at radius 1 is 1.50 bits per heavy atom. The Morgan fingerprint density at radius 2 is 2.29 bits per heavy atom. The molecule has 0 bridgehead atoms. The predicted molar refractivity (Wildman–Crippen MR) is 57.5 cm³/mol. The zero-order valence-corrected chi connectivity index (χ0v) is 8.39. The minimum absolute atomic E-state index is 0.591. The number of nitrogen functional groups attached to an aromatic ring is 1. The Labute approximate surface area is 85.3 Å². The number of fused-ring (bicyclic) bond motifs is 1. The number of benzene rings is 1. The Kier molecular flexibility index (Phi) is 2.02. The topological polar surface area (TPSA) is 59.0 Å². The van der Waals surface area contributed by atoms with Crippen LogP contribution >= 0.6 is 11.3 Å². The molecule has 4 heteroatoms. The summed E-state index contributed by atoms with van der Waals surface area (Å²) in [6.45, 7) is 0. The molecule has 0 radical (unpaired) electrons. The number of rotatable bonds is 1. The molecule has 0 fully saturated rings. The summed E-state index contributed by atoms with van der Waals surface area (Å²) in [7, 11) is 1.57. The first-order valence-corrected chi connectivity index (χ1v) is 4.84. The average molecular weight is 204 g/mol. The van der Waals surface area contributed by atoms with E-state index in [9.17, 15) is 0 Å². The third-order valence-electron chi connectivity index (χ3n) is 1.97. The molecule has 0 atom stereocenters. The van der Waals surface area contributed by atoms with Gasteiger partial charge in [-0.15, -0.1) is 11.3 Å². The molecule has 2 rings (SSSR count). The van der Waals surface area contributed by atoms with Gasteiger partial charge in [0.05, 0.1) is 7.11 Å². The van der Waals surface area contributed by atoms with Gasteiger partial charge in [-0.2, -0.15) is 5.26 Å². The quantitative estimate of drug-likeness (QED) is 0.725. The van der Waals surface area contributed by atoms with Crippen LogP contribution in [0, 0.1) is 11.3 Å². The average Bonchev–Trinajstić information content (AvgIpc) is 2.54. The second-order valence-electron chi connectivity index (χ2n) is 2.83. The van der Waals surface area contributed by atoms with Gasteiger partial charge < -0.3 is 10.5 Å². The number of nitriles is 1. The van der Waals surface area contributed by atoms with E-state index in [1.807, 2.05) is 12.1 Å². The van der Waals surface area contributed by atoms with E-state index in [0.29, 0.717) is 16.3 Å². The molecule has 2 N–H and O–H groups in total. The van der Waals surface area contributed by atoms with E-state index in [1.165, 1.54) is 11.3 Å². The standard InChI is InChI=1S/C10H8N2OS/c1-13-10-7-3-2-6(12)4-8(7)14-9(10)5-11/h2-4H,12H2,1H3. The van der Waals surface area contributed by atoms with Crippen LogP contribution in [-0.2, 0) is 0 Å². The molecule has 0 unspecified atom stereocenters. The lowest BCUT2D eigenvalue weighted by Gasteiger charge is -1.97. The molecule has 1 aromatic carbocycles. The third kappa shape index (κ3) is 1.19. The molecule has 0 saturated carbocycles. The van der Waals surface area contributed by atoms with Gasteiger partial charge in [-0.05, 0) is 18.2 Å². The Bertz CT molecular complexity index is 525. The molecule has 2 aromatic rings. The van der Waals surface area contributed by atoms with Gasteiger partial charge in [0, 0.05) is 15.8 Å². The maximum Gasteiger partial charge on any atom is 0.155 e. The normalized spacial score (nSPS) is 10.0. The van der Waals surface area contributed by atoms with Gasteiger partial charge in [0.1, 0.15) is 10.9 Å². The molecule has 1 aromatic heterocycles. The van der Waals surface area contributed by atoms with Crippen molar-refractivity contribution in [3.8, 4) is 11.8 Å². The molecule has 0 amide bonds. The zero-order chi connectivity index (χ0) is 10.1. The van der Waals surface area contributed by atoms with Crippen molar-refractivity contribution >= 4 is 27.1 Å². The molecule has 1 heterocycles. The lowest BCUT2D eigenvalue weighted by molar-refractivity contribution is 0.420. The Hall–Kier alpha value is -1.73. The number of hydrogen-bond donors (Lipinski definition) is 1. The molecule has 0 spiro atoms. The summed E-state index contributed by atoms with van der Waals surface area (Å²) >= 11 is 1.40. The van der Waals surface area contributed by atoms with Crippen LogP contribution in [0.5, 0.6) is 5.75 Å². The number of nitrogens with two attached hydrogens (primary N) is 1. The van der Waals surface area contributed by atoms with Crippen molar-refractivity contribution in [2.75, 3.05) is 12.8 Å². The first-order valence-electron chi connectivity index (χ1n) is 4.02. The molecule has 0 aliphatic carbocycles. The molecule has 3 nitrogen and oxygen atoms in total. The number of ether oxygens (including phenoxy) is 1. The van der Waals surface area contributed by atoms with Gasteiger partial charge >= 0.3 is 0 Å². The zero-order valence-electron chi connectivity index (χ0n) is 7.57. The summed E-state index contributed by atoms with van der Waals surface area (Å²) in [6, 6.07) is 7.64. The minimum atomic E-state index is 0.591. The first-order chi connectivity index (χ1) is 6.76. The van der Waals surface area contributed by atoms with Crippen molar-refractivity contribution in [2.45, 2.75) is 0 Å². The maximum absolute atomic E-state index is 8.87. The smallest absolute Gasteiger partial charge is 0.155 e. The van der Waals surface area contributed by atoms with E-state index >= 15 is 0 Å². The highest BCUT2D eigenvalue weighted by Crippen LogP contribution is 2.37. The fourth-order valence-electron chi connectivity index (χ4n) is 1.37. The van der Waals surface area contributed by atoms with E-state index in [4.69, 9.17) is 15.7 Å². The highest BCUT2D eigenvalue weighted by atomic mass is 32.1. The van der Waals surface area contributed by atoms with Crippen molar-refractivity contribution in [3.05, 3.63) is 23.1 Å². The Morgan fingerprint density at radius 3 is 2.93 bits per heavy atom. The number of hydrogen-bond acceptors (Lipinski definition) is 4. The Balaban J connectivity index is 2.81. The van der Waals surface area contributed by atoms with Crippen molar-refractivity contribution in [3.63, 3.8) is 0 Å². The van der Waals surface area contributed by atoms with Gasteiger partial charge in [-0.25, -0.2) is 0 Å². The van der Waals surface area contributed by atoms with Crippen LogP contribution < -0.4 is 10.5 Å². The van der Waals surface area contributed by atoms with Gasteiger partial charge in [-0.1, -0.05) is 0 Å². The van der Waals surface area contributed by atoms with E-state index in [2.05, 4.69) is 6.07 Å². The maximum atomic E-state index is 8.87. The second kappa shape index (κ2) is 3.20. The van der Waals surface area contributed by atoms with Crippen LogP contribution in [0.3, 0.4) is 0 Å². The fraction of sp³-hybridized carbons (Fsp3) is 0.100. The molecule has 0 saturated heterocycles.